The Kier molecular flexibility index (Phi) is 6.21. The topological polar surface area (TPSA) is 85.6 Å². The number of ether oxygens (including phenoxy) is 2. The van der Waals surface area contributed by atoms with Crippen molar-refractivity contribution < 1.29 is 14.3 Å². The molecule has 2 aromatic carbocycles. The molecule has 2 aromatic rings. The number of amides is 1. The molecule has 0 spiro atoms. The van der Waals surface area contributed by atoms with Crippen molar-refractivity contribution >= 4 is 22.9 Å². The fraction of sp³-hybridized carbons (Fsp3) is 0.318. The maximum Gasteiger partial charge on any atom is 0.258 e. The minimum atomic E-state index is -0.130. The highest BCUT2D eigenvalue weighted by Crippen LogP contribution is 2.42. The SMILES string of the molecule is CC/C(Nc1ccc(CCCN)cc1)=C1/C(=O)Nc2cc(OC)c(OC)cc21. The van der Waals surface area contributed by atoms with Crippen molar-refractivity contribution in [1.29, 1.82) is 0 Å². The first-order chi connectivity index (χ1) is 13.6. The average molecular weight is 381 g/mol. The van der Waals surface area contributed by atoms with E-state index >= 15 is 0 Å². The fourth-order valence-corrected chi connectivity index (χ4v) is 3.36. The molecule has 1 heterocycles. The van der Waals surface area contributed by atoms with Gasteiger partial charge in [-0.2, -0.15) is 0 Å². The molecule has 0 bridgehead atoms. The Morgan fingerprint density at radius 2 is 1.79 bits per heavy atom. The van der Waals surface area contributed by atoms with Crippen molar-refractivity contribution in [1.82, 2.24) is 0 Å². The minimum absolute atomic E-state index is 0.130. The Labute approximate surface area is 165 Å². The molecule has 0 aromatic heterocycles. The van der Waals surface area contributed by atoms with Crippen LogP contribution in [0.5, 0.6) is 11.5 Å². The Bertz CT molecular complexity index is 889. The van der Waals surface area contributed by atoms with Gasteiger partial charge in [0, 0.05) is 23.0 Å². The van der Waals surface area contributed by atoms with Gasteiger partial charge in [0.2, 0.25) is 0 Å². The Hall–Kier alpha value is -2.99. The Balaban J connectivity index is 1.94. The van der Waals surface area contributed by atoms with Gasteiger partial charge in [0.05, 0.1) is 25.5 Å². The van der Waals surface area contributed by atoms with Crippen molar-refractivity contribution in [2.75, 3.05) is 31.4 Å². The summed E-state index contributed by atoms with van der Waals surface area (Å²) in [5, 5.41) is 6.34. The molecular weight excluding hydrogens is 354 g/mol. The molecule has 3 rings (SSSR count). The third kappa shape index (κ3) is 3.97. The van der Waals surface area contributed by atoms with Gasteiger partial charge in [-0.1, -0.05) is 19.1 Å². The number of anilines is 2. The van der Waals surface area contributed by atoms with E-state index in [2.05, 4.69) is 22.8 Å². The van der Waals surface area contributed by atoms with Crippen molar-refractivity contribution in [2.24, 2.45) is 5.73 Å². The summed E-state index contributed by atoms with van der Waals surface area (Å²) < 4.78 is 10.7. The monoisotopic (exact) mass is 381 g/mol. The first kappa shape index (κ1) is 19.8. The number of methoxy groups -OCH3 is 2. The van der Waals surface area contributed by atoms with E-state index in [4.69, 9.17) is 15.2 Å². The lowest BCUT2D eigenvalue weighted by Gasteiger charge is -2.14. The second-order valence-electron chi connectivity index (χ2n) is 6.63. The normalized spacial score (nSPS) is 14.4. The van der Waals surface area contributed by atoms with Crippen LogP contribution in [0.4, 0.5) is 11.4 Å². The Morgan fingerprint density at radius 1 is 1.11 bits per heavy atom. The quantitative estimate of drug-likeness (QED) is 0.606. The van der Waals surface area contributed by atoms with Crippen LogP contribution in [0, 0.1) is 0 Å². The lowest BCUT2D eigenvalue weighted by Crippen LogP contribution is -2.10. The summed E-state index contributed by atoms with van der Waals surface area (Å²) in [5.74, 6) is 1.05. The molecule has 0 radical (unpaired) electrons. The maximum atomic E-state index is 12.7. The van der Waals surface area contributed by atoms with Gasteiger partial charge in [0.1, 0.15) is 0 Å². The van der Waals surface area contributed by atoms with E-state index in [1.807, 2.05) is 25.1 Å². The summed E-state index contributed by atoms with van der Waals surface area (Å²) in [4.78, 5) is 12.7. The lowest BCUT2D eigenvalue weighted by molar-refractivity contribution is -0.110. The predicted octanol–water partition coefficient (Wildman–Crippen LogP) is 3.78. The first-order valence-electron chi connectivity index (χ1n) is 9.48. The number of hydrogen-bond donors (Lipinski definition) is 3. The van der Waals surface area contributed by atoms with Crippen LogP contribution in [0.15, 0.2) is 42.1 Å². The summed E-state index contributed by atoms with van der Waals surface area (Å²) in [6.07, 6.45) is 2.63. The molecule has 28 heavy (non-hydrogen) atoms. The zero-order valence-corrected chi connectivity index (χ0v) is 16.6. The van der Waals surface area contributed by atoms with E-state index in [0.717, 1.165) is 35.5 Å². The molecule has 6 nitrogen and oxygen atoms in total. The van der Waals surface area contributed by atoms with E-state index in [9.17, 15) is 4.79 Å². The van der Waals surface area contributed by atoms with Crippen LogP contribution in [0.2, 0.25) is 0 Å². The molecule has 0 saturated heterocycles. The number of fused-ring (bicyclic) bond motifs is 1. The van der Waals surface area contributed by atoms with Crippen molar-refractivity contribution in [2.45, 2.75) is 26.2 Å². The number of rotatable bonds is 8. The highest BCUT2D eigenvalue weighted by molar-refractivity contribution is 6.32. The highest BCUT2D eigenvalue weighted by atomic mass is 16.5. The smallest absolute Gasteiger partial charge is 0.258 e. The molecule has 0 atom stereocenters. The Morgan fingerprint density at radius 3 is 2.39 bits per heavy atom. The molecule has 1 amide bonds. The first-order valence-corrected chi connectivity index (χ1v) is 9.48. The molecule has 0 saturated carbocycles. The summed E-state index contributed by atoms with van der Waals surface area (Å²) in [5.41, 5.74) is 10.8. The minimum Gasteiger partial charge on any atom is -0.493 e. The van der Waals surface area contributed by atoms with Gasteiger partial charge >= 0.3 is 0 Å². The summed E-state index contributed by atoms with van der Waals surface area (Å²) in [6, 6.07) is 11.9. The van der Waals surface area contributed by atoms with E-state index in [1.165, 1.54) is 5.56 Å². The van der Waals surface area contributed by atoms with E-state index in [-0.39, 0.29) is 5.91 Å². The van der Waals surface area contributed by atoms with Crippen molar-refractivity contribution in [3.8, 4) is 11.5 Å². The fourth-order valence-electron chi connectivity index (χ4n) is 3.36. The number of benzene rings is 2. The molecule has 6 heteroatoms. The molecule has 0 unspecified atom stereocenters. The molecule has 0 aliphatic carbocycles. The van der Waals surface area contributed by atoms with Crippen LogP contribution in [0.25, 0.3) is 5.57 Å². The number of nitrogens with two attached hydrogens (primary N) is 1. The summed E-state index contributed by atoms with van der Waals surface area (Å²) >= 11 is 0. The molecule has 148 valence electrons. The van der Waals surface area contributed by atoms with Crippen LogP contribution in [0.3, 0.4) is 0 Å². The van der Waals surface area contributed by atoms with Gasteiger partial charge in [-0.05, 0) is 49.6 Å². The number of carbonyl (C=O) groups excluding carboxylic acids is 1. The van der Waals surface area contributed by atoms with Gasteiger partial charge in [0.25, 0.3) is 5.91 Å². The number of aryl methyl sites for hydroxylation is 1. The largest absolute Gasteiger partial charge is 0.493 e. The van der Waals surface area contributed by atoms with E-state index in [0.29, 0.717) is 30.0 Å². The number of allylic oxidation sites excluding steroid dienone is 1. The maximum absolute atomic E-state index is 12.7. The van der Waals surface area contributed by atoms with Crippen LogP contribution in [-0.2, 0) is 11.2 Å². The summed E-state index contributed by atoms with van der Waals surface area (Å²) in [7, 11) is 3.16. The second-order valence-corrected chi connectivity index (χ2v) is 6.63. The number of carbonyl (C=O) groups is 1. The number of nitrogens with one attached hydrogen (secondary N) is 2. The molecule has 1 aliphatic heterocycles. The van der Waals surface area contributed by atoms with Crippen LogP contribution in [-0.4, -0.2) is 26.7 Å². The molecule has 1 aliphatic rings. The second kappa shape index (κ2) is 8.80. The third-order valence-electron chi connectivity index (χ3n) is 4.84. The van der Waals surface area contributed by atoms with Crippen LogP contribution >= 0.6 is 0 Å². The molecule has 4 N–H and O–H groups in total. The van der Waals surface area contributed by atoms with Gasteiger partial charge in [-0.3, -0.25) is 4.79 Å². The lowest BCUT2D eigenvalue weighted by atomic mass is 10.0. The zero-order valence-electron chi connectivity index (χ0n) is 16.6. The van der Waals surface area contributed by atoms with Crippen LogP contribution < -0.4 is 25.8 Å². The molecule has 0 fully saturated rings. The van der Waals surface area contributed by atoms with Crippen molar-refractivity contribution in [3.63, 3.8) is 0 Å². The average Bonchev–Trinajstić information content (AvgIpc) is 3.04. The number of hydrogen-bond acceptors (Lipinski definition) is 5. The summed E-state index contributed by atoms with van der Waals surface area (Å²) in [6.45, 7) is 2.71. The van der Waals surface area contributed by atoms with Gasteiger partial charge in [-0.15, -0.1) is 0 Å². The third-order valence-corrected chi connectivity index (χ3v) is 4.84. The van der Waals surface area contributed by atoms with E-state index in [1.54, 1.807) is 20.3 Å². The van der Waals surface area contributed by atoms with Crippen molar-refractivity contribution in [3.05, 3.63) is 53.2 Å². The highest BCUT2D eigenvalue weighted by Gasteiger charge is 2.29. The molecular formula is C22H27N3O3. The van der Waals surface area contributed by atoms with Gasteiger partial charge in [-0.25, -0.2) is 0 Å². The van der Waals surface area contributed by atoms with Gasteiger partial charge in [0.15, 0.2) is 11.5 Å². The van der Waals surface area contributed by atoms with E-state index < -0.39 is 0 Å². The van der Waals surface area contributed by atoms with Gasteiger partial charge < -0.3 is 25.8 Å². The predicted molar refractivity (Wildman–Crippen MR) is 113 cm³/mol. The van der Waals surface area contributed by atoms with Crippen LogP contribution in [0.1, 0.15) is 30.9 Å². The standard InChI is InChI=1S/C22H27N3O3/c1-4-17(24-15-9-7-14(8-10-15)6-5-11-23)21-16-12-19(27-2)20(28-3)13-18(16)25-22(21)26/h7-10,12-13,24H,4-6,11,23H2,1-3H3,(H,25,26)/b21-17-. The zero-order chi connectivity index (χ0) is 20.1.